The molecule has 0 spiro atoms. The number of benzene rings is 2. The van der Waals surface area contributed by atoms with Crippen molar-refractivity contribution < 1.29 is 19.1 Å². The molecule has 4 nitrogen and oxygen atoms in total. The second-order valence-corrected chi connectivity index (χ2v) is 9.17. The van der Waals surface area contributed by atoms with E-state index in [1.54, 1.807) is 45.0 Å². The first kappa shape index (κ1) is 24.9. The molecule has 0 N–H and O–H groups in total. The number of aryl methyl sites for hydroxylation is 2. The molecule has 0 saturated carbocycles. The largest absolute Gasteiger partial charge is 0.476 e. The lowest BCUT2D eigenvalue weighted by Gasteiger charge is -2.27. The first-order valence-corrected chi connectivity index (χ1v) is 11.1. The molecule has 0 aromatic heterocycles. The molecule has 168 valence electrons. The molecular weight excluding hydrogens is 412 g/mol. The summed E-state index contributed by atoms with van der Waals surface area (Å²) >= 11 is 5.93. The van der Waals surface area contributed by atoms with Crippen molar-refractivity contribution >= 4 is 23.4 Å². The topological polar surface area (TPSA) is 52.6 Å². The molecule has 0 aliphatic heterocycles. The van der Waals surface area contributed by atoms with Crippen molar-refractivity contribution in [1.29, 1.82) is 0 Å². The highest BCUT2D eigenvalue weighted by atomic mass is 35.5. The average Bonchev–Trinajstić information content (AvgIpc) is 2.70. The second-order valence-electron chi connectivity index (χ2n) is 8.73. The van der Waals surface area contributed by atoms with Gasteiger partial charge in [-0.05, 0) is 87.9 Å². The summed E-state index contributed by atoms with van der Waals surface area (Å²) in [5.74, 6) is 0.458. The number of halogens is 1. The van der Waals surface area contributed by atoms with Crippen LogP contribution in [0.2, 0.25) is 5.02 Å². The average molecular weight is 445 g/mol. The van der Waals surface area contributed by atoms with Crippen molar-refractivity contribution in [2.24, 2.45) is 11.8 Å². The zero-order valence-corrected chi connectivity index (χ0v) is 20.3. The van der Waals surface area contributed by atoms with Crippen LogP contribution in [0.5, 0.6) is 5.75 Å². The van der Waals surface area contributed by atoms with E-state index in [0.29, 0.717) is 22.9 Å². The number of hydrogen-bond donors (Lipinski definition) is 0. The molecule has 0 aliphatic carbocycles. The Labute approximate surface area is 190 Å². The lowest BCUT2D eigenvalue weighted by molar-refractivity contribution is -0.158. The van der Waals surface area contributed by atoms with Gasteiger partial charge in [0.05, 0.1) is 6.61 Å². The fraction of sp³-hybridized carbons (Fsp3) is 0.462. The highest BCUT2D eigenvalue weighted by Crippen LogP contribution is 2.31. The van der Waals surface area contributed by atoms with Gasteiger partial charge < -0.3 is 9.47 Å². The van der Waals surface area contributed by atoms with Crippen LogP contribution in [0.3, 0.4) is 0 Å². The van der Waals surface area contributed by atoms with Crippen molar-refractivity contribution in [3.05, 3.63) is 63.7 Å². The molecule has 2 aromatic rings. The molecule has 0 heterocycles. The molecule has 0 bridgehead atoms. The number of ketones is 1. The van der Waals surface area contributed by atoms with E-state index in [4.69, 9.17) is 21.1 Å². The molecule has 2 aromatic carbocycles. The Bertz CT molecular complexity index is 908. The quantitative estimate of drug-likeness (QED) is 0.333. The number of carbonyl (C=O) groups excluding carboxylic acids is 2. The predicted octanol–water partition coefficient (Wildman–Crippen LogP) is 6.37. The summed E-state index contributed by atoms with van der Waals surface area (Å²) in [6.45, 7) is 13.5. The molecule has 2 rings (SSSR count). The van der Waals surface area contributed by atoms with Crippen LogP contribution in [0, 0.1) is 25.7 Å². The molecule has 5 heteroatoms. The number of ether oxygens (including phenoxy) is 2. The molecule has 31 heavy (non-hydrogen) atoms. The fourth-order valence-corrected chi connectivity index (χ4v) is 3.73. The van der Waals surface area contributed by atoms with Gasteiger partial charge in [0, 0.05) is 16.5 Å². The third-order valence-electron chi connectivity index (χ3n) is 5.60. The SMILES string of the molecule is CCOC(=O)C(C)(C)Oc1c(C)cc(CC(C)C(C)C(=O)c2ccc(Cl)cc2)cc1C. The van der Waals surface area contributed by atoms with Crippen LogP contribution in [0.4, 0.5) is 0 Å². The molecule has 2 atom stereocenters. The van der Waals surface area contributed by atoms with Gasteiger partial charge in [0.15, 0.2) is 11.4 Å². The summed E-state index contributed by atoms with van der Waals surface area (Å²) in [5, 5.41) is 0.622. The first-order valence-electron chi connectivity index (χ1n) is 10.7. The van der Waals surface area contributed by atoms with Gasteiger partial charge in [0.25, 0.3) is 0 Å². The van der Waals surface area contributed by atoms with Gasteiger partial charge in [-0.2, -0.15) is 0 Å². The van der Waals surface area contributed by atoms with Crippen molar-refractivity contribution in [3.8, 4) is 5.75 Å². The number of esters is 1. The Hall–Kier alpha value is -2.33. The molecular formula is C26H33ClO4. The van der Waals surface area contributed by atoms with Gasteiger partial charge in [-0.1, -0.05) is 37.6 Å². The van der Waals surface area contributed by atoms with Crippen LogP contribution in [0.15, 0.2) is 36.4 Å². The van der Waals surface area contributed by atoms with E-state index >= 15 is 0 Å². The van der Waals surface area contributed by atoms with Crippen molar-refractivity contribution in [3.63, 3.8) is 0 Å². The van der Waals surface area contributed by atoms with Gasteiger partial charge >= 0.3 is 5.97 Å². The van der Waals surface area contributed by atoms with E-state index < -0.39 is 5.60 Å². The summed E-state index contributed by atoms with van der Waals surface area (Å²) in [6, 6.07) is 11.2. The summed E-state index contributed by atoms with van der Waals surface area (Å²) < 4.78 is 11.2. The Balaban J connectivity index is 2.14. The van der Waals surface area contributed by atoms with E-state index in [-0.39, 0.29) is 23.6 Å². The third kappa shape index (κ3) is 6.33. The monoisotopic (exact) mass is 444 g/mol. The van der Waals surface area contributed by atoms with E-state index in [2.05, 4.69) is 19.1 Å². The van der Waals surface area contributed by atoms with Gasteiger partial charge in [-0.3, -0.25) is 4.79 Å². The van der Waals surface area contributed by atoms with E-state index in [1.165, 1.54) is 0 Å². The van der Waals surface area contributed by atoms with Crippen LogP contribution in [0.25, 0.3) is 0 Å². The zero-order valence-electron chi connectivity index (χ0n) is 19.5. The van der Waals surface area contributed by atoms with Crippen molar-refractivity contribution in [2.75, 3.05) is 6.61 Å². The van der Waals surface area contributed by atoms with Gasteiger partial charge in [-0.15, -0.1) is 0 Å². The molecule has 0 aliphatic rings. The number of carbonyl (C=O) groups is 2. The zero-order chi connectivity index (χ0) is 23.3. The van der Waals surface area contributed by atoms with Crippen LogP contribution in [-0.4, -0.2) is 24.0 Å². The number of hydrogen-bond acceptors (Lipinski definition) is 4. The number of rotatable bonds is 9. The van der Waals surface area contributed by atoms with Crippen LogP contribution in [0.1, 0.15) is 61.7 Å². The molecule has 2 unspecified atom stereocenters. The molecule has 0 fully saturated rings. The minimum atomic E-state index is -1.07. The van der Waals surface area contributed by atoms with Gasteiger partial charge in [0.1, 0.15) is 5.75 Å². The van der Waals surface area contributed by atoms with Crippen LogP contribution < -0.4 is 4.74 Å². The minimum absolute atomic E-state index is 0.119. The van der Waals surface area contributed by atoms with E-state index in [0.717, 1.165) is 23.1 Å². The Morgan fingerprint density at radius 3 is 2.10 bits per heavy atom. The van der Waals surface area contributed by atoms with Gasteiger partial charge in [-0.25, -0.2) is 4.79 Å². The maximum absolute atomic E-state index is 12.8. The molecule has 0 radical (unpaired) electrons. The fourth-order valence-electron chi connectivity index (χ4n) is 3.60. The van der Waals surface area contributed by atoms with Crippen LogP contribution >= 0.6 is 11.6 Å². The Morgan fingerprint density at radius 1 is 1.03 bits per heavy atom. The van der Waals surface area contributed by atoms with Crippen molar-refractivity contribution in [2.45, 2.75) is 60.5 Å². The maximum Gasteiger partial charge on any atom is 0.349 e. The second kappa shape index (κ2) is 10.3. The van der Waals surface area contributed by atoms with Gasteiger partial charge in [0.2, 0.25) is 0 Å². The number of Topliss-reactive ketones (excluding diaryl/α,β-unsaturated/α-hetero) is 1. The molecule has 0 saturated heterocycles. The highest BCUT2D eigenvalue weighted by Gasteiger charge is 2.32. The summed E-state index contributed by atoms with van der Waals surface area (Å²) in [7, 11) is 0. The summed E-state index contributed by atoms with van der Waals surface area (Å²) in [5.41, 5.74) is 2.66. The smallest absolute Gasteiger partial charge is 0.349 e. The standard InChI is InChI=1S/C26H33ClO4/c1-8-30-25(29)26(6,7)31-24-17(3)14-20(15-18(24)4)13-16(2)19(5)23(28)21-9-11-22(27)12-10-21/h9-12,14-16,19H,8,13H2,1-7H3. The van der Waals surface area contributed by atoms with E-state index in [9.17, 15) is 9.59 Å². The first-order chi connectivity index (χ1) is 14.5. The lowest BCUT2D eigenvalue weighted by atomic mass is 9.84. The van der Waals surface area contributed by atoms with E-state index in [1.807, 2.05) is 20.8 Å². The third-order valence-corrected chi connectivity index (χ3v) is 5.85. The highest BCUT2D eigenvalue weighted by molar-refractivity contribution is 6.30. The van der Waals surface area contributed by atoms with Crippen LogP contribution in [-0.2, 0) is 16.0 Å². The summed E-state index contributed by atoms with van der Waals surface area (Å²) in [6.07, 6.45) is 0.768. The van der Waals surface area contributed by atoms with Crippen molar-refractivity contribution in [1.82, 2.24) is 0 Å². The summed E-state index contributed by atoms with van der Waals surface area (Å²) in [4.78, 5) is 25.0. The maximum atomic E-state index is 12.8. The predicted molar refractivity (Wildman–Crippen MR) is 125 cm³/mol. The normalized spacial score (nSPS) is 13.4. The minimum Gasteiger partial charge on any atom is -0.476 e. The lowest BCUT2D eigenvalue weighted by Crippen LogP contribution is -2.40. The Morgan fingerprint density at radius 2 is 1.58 bits per heavy atom. The molecule has 0 amide bonds. The Kier molecular flexibility index (Phi) is 8.30.